The number of aryl methyl sites for hydroxylation is 2. The van der Waals surface area contributed by atoms with Crippen molar-refractivity contribution in [3.63, 3.8) is 0 Å². The van der Waals surface area contributed by atoms with Crippen molar-refractivity contribution in [1.82, 2.24) is 0 Å². The minimum Gasteiger partial charge on any atom is -0.545 e. The van der Waals surface area contributed by atoms with Gasteiger partial charge >= 0.3 is 27.7 Å². The van der Waals surface area contributed by atoms with Gasteiger partial charge in [0.15, 0.2) is 0 Å². The van der Waals surface area contributed by atoms with Gasteiger partial charge < -0.3 is 19.8 Å². The molecule has 29 heavy (non-hydrogen) atoms. The topological polar surface area (TPSA) is 80.3 Å². The van der Waals surface area contributed by atoms with Crippen molar-refractivity contribution in [2.45, 2.75) is 13.8 Å². The number of hydrogen-bond acceptors (Lipinski definition) is 4. The number of aromatic carboxylic acids is 2. The van der Waals surface area contributed by atoms with Crippen LogP contribution in [0.4, 0.5) is 0 Å². The summed E-state index contributed by atoms with van der Waals surface area (Å²) in [4.78, 5) is 21.6. The average molecular weight is 571 g/mol. The Bertz CT molecular complexity index is 1100. The van der Waals surface area contributed by atoms with Crippen LogP contribution in [0.25, 0.3) is 21.5 Å². The maximum absolute atomic E-state index is 10.8. The fraction of sp³-hybridized carbons (Fsp3) is 0.0833. The van der Waals surface area contributed by atoms with E-state index >= 15 is 0 Å². The van der Waals surface area contributed by atoms with E-state index in [2.05, 4.69) is 0 Å². The zero-order valence-electron chi connectivity index (χ0n) is 16.3. The fourth-order valence-electron chi connectivity index (χ4n) is 3.13. The number of fused-ring (bicyclic) bond motifs is 2. The maximum atomic E-state index is 10.8. The van der Waals surface area contributed by atoms with Crippen molar-refractivity contribution in [1.29, 1.82) is 0 Å². The Kier molecular flexibility index (Phi) is 7.51. The summed E-state index contributed by atoms with van der Waals surface area (Å²) in [5, 5.41) is 25.0. The van der Waals surface area contributed by atoms with Gasteiger partial charge in [0.1, 0.15) is 0 Å². The van der Waals surface area contributed by atoms with Crippen molar-refractivity contribution in [2.24, 2.45) is 0 Å². The Morgan fingerprint density at radius 2 is 1.00 bits per heavy atom. The molecule has 0 aromatic heterocycles. The molecule has 0 aliphatic heterocycles. The molecule has 0 saturated carbocycles. The monoisotopic (exact) mass is 572 g/mol. The van der Waals surface area contributed by atoms with Gasteiger partial charge in [-0.15, -0.1) is 0 Å². The van der Waals surface area contributed by atoms with E-state index in [9.17, 15) is 19.8 Å². The standard InChI is InChI=1S/2C12H10O2.Hg/c2*1-8-5-6-9-3-2-4-10(12(13)14)11(9)7-8;/h2*2-7H,1H3,(H,13,14);/q;;+2/p-2. The average Bonchev–Trinajstić information content (AvgIpc) is 2.67. The van der Waals surface area contributed by atoms with Gasteiger partial charge in [-0.25, -0.2) is 0 Å². The summed E-state index contributed by atoms with van der Waals surface area (Å²) in [5.74, 6) is -2.25. The molecule has 0 heterocycles. The van der Waals surface area contributed by atoms with Gasteiger partial charge in [0.2, 0.25) is 0 Å². The van der Waals surface area contributed by atoms with Gasteiger partial charge in [0.25, 0.3) is 0 Å². The van der Waals surface area contributed by atoms with Crippen molar-refractivity contribution in [3.8, 4) is 0 Å². The third-order valence-electron chi connectivity index (χ3n) is 4.52. The Hall–Kier alpha value is -2.72. The van der Waals surface area contributed by atoms with Crippen LogP contribution in [-0.4, -0.2) is 11.9 Å². The number of rotatable bonds is 2. The molecule has 0 atom stereocenters. The first-order chi connectivity index (χ1) is 13.4. The van der Waals surface area contributed by atoms with Gasteiger partial charge in [-0.3, -0.25) is 0 Å². The van der Waals surface area contributed by atoms with Crippen LogP contribution in [0.1, 0.15) is 31.8 Å². The minimum atomic E-state index is -1.12. The molecule has 140 valence electrons. The quantitative estimate of drug-likeness (QED) is 0.347. The van der Waals surface area contributed by atoms with E-state index in [1.165, 1.54) is 0 Å². The second kappa shape index (κ2) is 9.66. The van der Waals surface area contributed by atoms with Crippen LogP contribution in [0.15, 0.2) is 72.8 Å². The second-order valence-electron chi connectivity index (χ2n) is 6.64. The van der Waals surface area contributed by atoms with Crippen molar-refractivity contribution < 1.29 is 47.5 Å². The summed E-state index contributed by atoms with van der Waals surface area (Å²) in [6.07, 6.45) is 0. The zero-order chi connectivity index (χ0) is 20.3. The van der Waals surface area contributed by atoms with Gasteiger partial charge in [0, 0.05) is 11.1 Å². The Balaban J connectivity index is 0.000000200. The Morgan fingerprint density at radius 1 is 0.621 bits per heavy atom. The summed E-state index contributed by atoms with van der Waals surface area (Å²) in [7, 11) is 0. The van der Waals surface area contributed by atoms with Crippen LogP contribution in [-0.2, 0) is 27.7 Å². The number of carbonyl (C=O) groups excluding carboxylic acids is 2. The Morgan fingerprint density at radius 3 is 1.34 bits per heavy atom. The first kappa shape index (κ1) is 22.6. The van der Waals surface area contributed by atoms with Crippen LogP contribution in [0.2, 0.25) is 0 Å². The maximum Gasteiger partial charge on any atom is 2.00 e. The molecule has 4 aromatic carbocycles. The number of carboxylic acids is 2. The summed E-state index contributed by atoms with van der Waals surface area (Å²) in [6, 6.07) is 21.8. The molecule has 0 saturated heterocycles. The van der Waals surface area contributed by atoms with E-state index in [0.29, 0.717) is 0 Å². The molecule has 4 nitrogen and oxygen atoms in total. The number of carboxylic acid groups (broad SMARTS) is 2. The van der Waals surface area contributed by atoms with E-state index in [4.69, 9.17) is 0 Å². The predicted octanol–water partition coefficient (Wildman–Crippen LogP) is 3.02. The normalized spacial score (nSPS) is 10.0. The summed E-state index contributed by atoms with van der Waals surface area (Å²) in [6.45, 7) is 3.87. The van der Waals surface area contributed by atoms with Crippen LogP contribution in [0.5, 0.6) is 0 Å². The van der Waals surface area contributed by atoms with E-state index in [1.807, 2.05) is 62.4 Å². The first-order valence-electron chi connectivity index (χ1n) is 8.78. The van der Waals surface area contributed by atoms with Crippen molar-refractivity contribution in [3.05, 3.63) is 95.1 Å². The molecular formula is C24H18HgO4. The van der Waals surface area contributed by atoms with Gasteiger partial charge in [-0.1, -0.05) is 83.9 Å². The molecule has 4 rings (SSSR count). The second-order valence-corrected chi connectivity index (χ2v) is 6.64. The molecular weight excluding hydrogens is 553 g/mol. The van der Waals surface area contributed by atoms with Crippen LogP contribution in [0, 0.1) is 13.8 Å². The zero-order valence-corrected chi connectivity index (χ0v) is 21.8. The Labute approximate surface area is 189 Å². The van der Waals surface area contributed by atoms with E-state index in [-0.39, 0.29) is 38.8 Å². The largest absolute Gasteiger partial charge is 2.00 e. The molecule has 0 bridgehead atoms. The van der Waals surface area contributed by atoms with Crippen LogP contribution in [0.3, 0.4) is 0 Å². The van der Waals surface area contributed by atoms with Crippen LogP contribution >= 0.6 is 0 Å². The smallest absolute Gasteiger partial charge is 0.545 e. The number of carbonyl (C=O) groups is 2. The summed E-state index contributed by atoms with van der Waals surface area (Å²) in [5.41, 5.74) is 2.61. The van der Waals surface area contributed by atoms with Gasteiger partial charge in [-0.2, -0.15) is 0 Å². The molecule has 4 aromatic rings. The van der Waals surface area contributed by atoms with Crippen LogP contribution < -0.4 is 10.2 Å². The number of benzene rings is 4. The molecule has 0 N–H and O–H groups in total. The van der Waals surface area contributed by atoms with Gasteiger partial charge in [0.05, 0.1) is 11.9 Å². The minimum absolute atomic E-state index is 0. The van der Waals surface area contributed by atoms with Crippen molar-refractivity contribution >= 4 is 33.5 Å². The molecule has 0 fully saturated rings. The first-order valence-corrected chi connectivity index (χ1v) is 8.78. The molecule has 0 spiro atoms. The molecule has 0 amide bonds. The molecule has 5 heteroatoms. The van der Waals surface area contributed by atoms with Crippen molar-refractivity contribution in [2.75, 3.05) is 0 Å². The third kappa shape index (κ3) is 5.21. The SMILES string of the molecule is Cc1ccc2cccc(C(=O)[O-])c2c1.Cc1ccc2cccc(C(=O)[O-])c2c1.[Hg+2]. The van der Waals surface area contributed by atoms with E-state index < -0.39 is 11.9 Å². The summed E-state index contributed by atoms with van der Waals surface area (Å²) < 4.78 is 0. The predicted molar refractivity (Wildman–Crippen MR) is 106 cm³/mol. The molecule has 0 aliphatic rings. The fourth-order valence-corrected chi connectivity index (χ4v) is 3.13. The number of hydrogen-bond donors (Lipinski definition) is 0. The van der Waals surface area contributed by atoms with E-state index in [1.54, 1.807) is 24.3 Å². The molecule has 0 radical (unpaired) electrons. The van der Waals surface area contributed by atoms with E-state index in [0.717, 1.165) is 32.7 Å². The summed E-state index contributed by atoms with van der Waals surface area (Å²) >= 11 is 0. The molecule has 0 unspecified atom stereocenters. The van der Waals surface area contributed by atoms with Gasteiger partial charge in [-0.05, 0) is 35.4 Å². The molecule has 0 aliphatic carbocycles. The third-order valence-corrected chi connectivity index (χ3v) is 4.52.